The van der Waals surface area contributed by atoms with Crippen LogP contribution in [0.3, 0.4) is 0 Å². The minimum absolute atomic E-state index is 0.0232. The lowest BCUT2D eigenvalue weighted by molar-refractivity contribution is 0.0998. The number of hydrogen-bond acceptors (Lipinski definition) is 3. The van der Waals surface area contributed by atoms with E-state index in [1.807, 2.05) is 31.2 Å². The highest BCUT2D eigenvalue weighted by molar-refractivity contribution is 5.95. The van der Waals surface area contributed by atoms with E-state index in [0.717, 1.165) is 12.0 Å². The van der Waals surface area contributed by atoms with Crippen molar-refractivity contribution in [2.45, 2.75) is 19.4 Å². The second kappa shape index (κ2) is 6.21. The molecule has 0 aliphatic heterocycles. The molecule has 0 heterocycles. The van der Waals surface area contributed by atoms with E-state index in [0.29, 0.717) is 17.1 Å². The number of nitrogens with two attached hydrogens (primary N) is 2. The Morgan fingerprint density at radius 3 is 2.65 bits per heavy atom. The van der Waals surface area contributed by atoms with Crippen molar-refractivity contribution >= 4 is 5.91 Å². The van der Waals surface area contributed by atoms with Crippen LogP contribution in [0, 0.1) is 0 Å². The van der Waals surface area contributed by atoms with E-state index in [4.69, 9.17) is 16.2 Å². The van der Waals surface area contributed by atoms with Crippen molar-refractivity contribution in [2.75, 3.05) is 0 Å². The maximum atomic E-state index is 11.4. The van der Waals surface area contributed by atoms with Crippen LogP contribution in [0.2, 0.25) is 0 Å². The lowest BCUT2D eigenvalue weighted by Gasteiger charge is -2.13. The topological polar surface area (TPSA) is 78.3 Å². The molecule has 104 valence electrons. The molecule has 2 aromatic carbocycles. The van der Waals surface area contributed by atoms with Crippen LogP contribution >= 0.6 is 0 Å². The van der Waals surface area contributed by atoms with Gasteiger partial charge in [0.1, 0.15) is 11.5 Å². The molecular formula is C16H18N2O2. The first kappa shape index (κ1) is 14.1. The summed E-state index contributed by atoms with van der Waals surface area (Å²) >= 11 is 0. The summed E-state index contributed by atoms with van der Waals surface area (Å²) in [5.74, 6) is 0.573. The molecule has 0 saturated carbocycles. The normalized spacial score (nSPS) is 11.9. The van der Waals surface area contributed by atoms with Crippen molar-refractivity contribution in [3.63, 3.8) is 0 Å². The number of rotatable bonds is 5. The quantitative estimate of drug-likeness (QED) is 0.876. The second-order valence-corrected chi connectivity index (χ2v) is 4.55. The number of carbonyl (C=O) groups excluding carboxylic acids is 1. The third kappa shape index (κ3) is 3.16. The highest BCUT2D eigenvalue weighted by Crippen LogP contribution is 2.27. The Hall–Kier alpha value is -2.33. The van der Waals surface area contributed by atoms with Gasteiger partial charge in [-0.05, 0) is 36.2 Å². The molecule has 1 atom stereocenters. The zero-order valence-electron chi connectivity index (χ0n) is 11.4. The average molecular weight is 270 g/mol. The third-order valence-corrected chi connectivity index (χ3v) is 3.11. The van der Waals surface area contributed by atoms with Crippen molar-refractivity contribution in [2.24, 2.45) is 11.5 Å². The molecule has 4 nitrogen and oxygen atoms in total. The standard InChI is InChI=1S/C16H18N2O2/c1-2-14(17)11-6-5-7-12(10-11)20-15-9-4-3-8-13(15)16(18)19/h3-10,14H,2,17H2,1H3,(H2,18,19). The molecule has 0 bridgehead atoms. The molecule has 0 saturated heterocycles. The van der Waals surface area contributed by atoms with Gasteiger partial charge in [-0.15, -0.1) is 0 Å². The second-order valence-electron chi connectivity index (χ2n) is 4.55. The Balaban J connectivity index is 2.29. The van der Waals surface area contributed by atoms with Crippen LogP contribution < -0.4 is 16.2 Å². The largest absolute Gasteiger partial charge is 0.457 e. The fourth-order valence-corrected chi connectivity index (χ4v) is 1.93. The number of benzene rings is 2. The summed E-state index contributed by atoms with van der Waals surface area (Å²) in [5.41, 5.74) is 12.7. The van der Waals surface area contributed by atoms with Gasteiger partial charge in [0.15, 0.2) is 0 Å². The Morgan fingerprint density at radius 1 is 1.20 bits per heavy atom. The fourth-order valence-electron chi connectivity index (χ4n) is 1.93. The van der Waals surface area contributed by atoms with Crippen LogP contribution in [-0.2, 0) is 0 Å². The van der Waals surface area contributed by atoms with Gasteiger partial charge in [-0.25, -0.2) is 0 Å². The lowest BCUT2D eigenvalue weighted by atomic mass is 10.1. The Bertz CT molecular complexity index is 611. The van der Waals surface area contributed by atoms with E-state index >= 15 is 0 Å². The molecule has 2 rings (SSSR count). The summed E-state index contributed by atoms with van der Waals surface area (Å²) in [6, 6.07) is 14.4. The fraction of sp³-hybridized carbons (Fsp3) is 0.188. The summed E-state index contributed by atoms with van der Waals surface area (Å²) in [4.78, 5) is 11.4. The molecule has 2 aromatic rings. The van der Waals surface area contributed by atoms with Gasteiger partial charge in [-0.1, -0.05) is 31.2 Å². The van der Waals surface area contributed by atoms with Crippen LogP contribution in [0.25, 0.3) is 0 Å². The van der Waals surface area contributed by atoms with Gasteiger partial charge < -0.3 is 16.2 Å². The molecule has 0 aliphatic carbocycles. The molecule has 20 heavy (non-hydrogen) atoms. The van der Waals surface area contributed by atoms with Gasteiger partial charge in [-0.2, -0.15) is 0 Å². The van der Waals surface area contributed by atoms with Crippen LogP contribution in [0.15, 0.2) is 48.5 Å². The number of amides is 1. The summed E-state index contributed by atoms with van der Waals surface area (Å²) in [7, 11) is 0. The minimum Gasteiger partial charge on any atom is -0.457 e. The number of para-hydroxylation sites is 1. The molecule has 0 radical (unpaired) electrons. The molecule has 0 fully saturated rings. The van der Waals surface area contributed by atoms with Gasteiger partial charge in [0, 0.05) is 6.04 Å². The smallest absolute Gasteiger partial charge is 0.252 e. The molecule has 1 amide bonds. The van der Waals surface area contributed by atoms with E-state index < -0.39 is 5.91 Å². The molecule has 4 heteroatoms. The van der Waals surface area contributed by atoms with Crippen molar-refractivity contribution in [3.05, 3.63) is 59.7 Å². The average Bonchev–Trinajstić information content (AvgIpc) is 2.47. The zero-order valence-corrected chi connectivity index (χ0v) is 11.4. The number of ether oxygens (including phenoxy) is 1. The maximum Gasteiger partial charge on any atom is 0.252 e. The number of primary amides is 1. The van der Waals surface area contributed by atoms with Crippen LogP contribution in [0.5, 0.6) is 11.5 Å². The van der Waals surface area contributed by atoms with E-state index in [-0.39, 0.29) is 6.04 Å². The summed E-state index contributed by atoms with van der Waals surface area (Å²) < 4.78 is 5.75. The first-order valence-electron chi connectivity index (χ1n) is 6.54. The summed E-state index contributed by atoms with van der Waals surface area (Å²) in [5, 5.41) is 0. The van der Waals surface area contributed by atoms with E-state index in [2.05, 4.69) is 0 Å². The first-order valence-corrected chi connectivity index (χ1v) is 6.54. The Kier molecular flexibility index (Phi) is 4.38. The van der Waals surface area contributed by atoms with E-state index in [1.165, 1.54) is 0 Å². The minimum atomic E-state index is -0.512. The summed E-state index contributed by atoms with van der Waals surface area (Å²) in [6.45, 7) is 2.03. The predicted molar refractivity (Wildman–Crippen MR) is 78.7 cm³/mol. The van der Waals surface area contributed by atoms with E-state index in [9.17, 15) is 4.79 Å². The van der Waals surface area contributed by atoms with Crippen LogP contribution in [0.1, 0.15) is 35.3 Å². The Morgan fingerprint density at radius 2 is 1.95 bits per heavy atom. The highest BCUT2D eigenvalue weighted by atomic mass is 16.5. The van der Waals surface area contributed by atoms with Gasteiger partial charge in [0.05, 0.1) is 5.56 Å². The van der Waals surface area contributed by atoms with Gasteiger partial charge in [-0.3, -0.25) is 4.79 Å². The van der Waals surface area contributed by atoms with Crippen molar-refractivity contribution < 1.29 is 9.53 Å². The van der Waals surface area contributed by atoms with Crippen molar-refractivity contribution in [3.8, 4) is 11.5 Å². The van der Waals surface area contributed by atoms with Crippen LogP contribution in [0.4, 0.5) is 0 Å². The van der Waals surface area contributed by atoms with Crippen LogP contribution in [-0.4, -0.2) is 5.91 Å². The molecule has 0 aliphatic rings. The molecule has 0 aromatic heterocycles. The van der Waals surface area contributed by atoms with Crippen molar-refractivity contribution in [1.29, 1.82) is 0 Å². The molecule has 4 N–H and O–H groups in total. The maximum absolute atomic E-state index is 11.4. The Labute approximate surface area is 118 Å². The summed E-state index contributed by atoms with van der Waals surface area (Å²) in [6.07, 6.45) is 0.849. The van der Waals surface area contributed by atoms with Gasteiger partial charge in [0.25, 0.3) is 5.91 Å². The van der Waals surface area contributed by atoms with Gasteiger partial charge >= 0.3 is 0 Å². The van der Waals surface area contributed by atoms with Gasteiger partial charge in [0.2, 0.25) is 0 Å². The third-order valence-electron chi connectivity index (χ3n) is 3.11. The zero-order chi connectivity index (χ0) is 14.5. The molecular weight excluding hydrogens is 252 g/mol. The predicted octanol–water partition coefficient (Wildman–Crippen LogP) is 2.99. The highest BCUT2D eigenvalue weighted by Gasteiger charge is 2.10. The number of hydrogen-bond donors (Lipinski definition) is 2. The lowest BCUT2D eigenvalue weighted by Crippen LogP contribution is -2.12. The monoisotopic (exact) mass is 270 g/mol. The first-order chi connectivity index (χ1) is 9.61. The molecule has 1 unspecified atom stereocenters. The van der Waals surface area contributed by atoms with Crippen molar-refractivity contribution in [1.82, 2.24) is 0 Å². The SMILES string of the molecule is CCC(N)c1cccc(Oc2ccccc2C(N)=O)c1. The van der Waals surface area contributed by atoms with E-state index in [1.54, 1.807) is 24.3 Å². The molecule has 0 spiro atoms. The number of carbonyl (C=O) groups is 1.